The first-order valence-corrected chi connectivity index (χ1v) is 10.5. The number of anilines is 2. The first-order chi connectivity index (χ1) is 14.9. The van der Waals surface area contributed by atoms with E-state index in [0.717, 1.165) is 28.6 Å². The first-order valence-electron chi connectivity index (χ1n) is 9.63. The van der Waals surface area contributed by atoms with E-state index in [1.165, 1.54) is 0 Å². The van der Waals surface area contributed by atoms with E-state index in [1.54, 1.807) is 29.3 Å². The van der Waals surface area contributed by atoms with Crippen molar-refractivity contribution in [2.75, 3.05) is 4.90 Å². The van der Waals surface area contributed by atoms with Crippen molar-refractivity contribution in [3.05, 3.63) is 65.5 Å². The number of carbonyl (C=O) groups is 2. The fourth-order valence-corrected chi connectivity index (χ4v) is 5.05. The molecular weight excluding hydrogens is 416 g/mol. The molecule has 0 bridgehead atoms. The van der Waals surface area contributed by atoms with Gasteiger partial charge in [0.2, 0.25) is 5.88 Å². The minimum atomic E-state index is -0.977. The van der Waals surface area contributed by atoms with Crippen LogP contribution in [0.1, 0.15) is 22.9 Å². The number of nitrogens with one attached hydrogen (secondary N) is 1. The molecule has 5 rings (SSSR count). The molecule has 0 radical (unpaired) electrons. The van der Waals surface area contributed by atoms with Gasteiger partial charge < -0.3 is 15.2 Å². The summed E-state index contributed by atoms with van der Waals surface area (Å²) in [5, 5.41) is 12.2. The van der Waals surface area contributed by atoms with Gasteiger partial charge >= 0.3 is 12.0 Å². The van der Waals surface area contributed by atoms with Crippen molar-refractivity contribution in [1.29, 1.82) is 0 Å². The van der Waals surface area contributed by atoms with Crippen LogP contribution in [0.4, 0.5) is 16.2 Å². The monoisotopic (exact) mass is 434 g/mol. The molecule has 3 aromatic rings. The van der Waals surface area contributed by atoms with Crippen LogP contribution in [-0.4, -0.2) is 32.3 Å². The Bertz CT molecular complexity index is 1230. The van der Waals surface area contributed by atoms with Gasteiger partial charge in [0.15, 0.2) is 0 Å². The fourth-order valence-electron chi connectivity index (χ4n) is 3.89. The fraction of sp³-hybridized carbons (Fsp3) is 0.182. The zero-order chi connectivity index (χ0) is 21.7. The molecule has 2 unspecified atom stereocenters. The Morgan fingerprint density at radius 2 is 2.03 bits per heavy atom. The molecule has 2 aromatic heterocycles. The number of aromatic nitrogens is 2. The summed E-state index contributed by atoms with van der Waals surface area (Å²) in [6.45, 7) is 3.78. The second-order valence-electron chi connectivity index (χ2n) is 7.36. The summed E-state index contributed by atoms with van der Waals surface area (Å²) in [6, 6.07) is 11.7. The van der Waals surface area contributed by atoms with Crippen molar-refractivity contribution in [2.45, 2.75) is 30.2 Å². The van der Waals surface area contributed by atoms with E-state index in [-0.39, 0.29) is 6.03 Å². The van der Waals surface area contributed by atoms with Crippen molar-refractivity contribution < 1.29 is 19.4 Å². The third-order valence-electron chi connectivity index (χ3n) is 5.24. The summed E-state index contributed by atoms with van der Waals surface area (Å²) >= 11 is 1.16. The maximum atomic E-state index is 13.0. The lowest BCUT2D eigenvalue weighted by Crippen LogP contribution is -2.47. The number of hydrogen-bond acceptors (Lipinski definition) is 6. The normalized spacial score (nSPS) is 19.0. The van der Waals surface area contributed by atoms with E-state index in [9.17, 15) is 14.7 Å². The number of hydrogen-bond donors (Lipinski definition) is 2. The van der Waals surface area contributed by atoms with E-state index in [2.05, 4.69) is 15.3 Å². The van der Waals surface area contributed by atoms with Crippen LogP contribution in [0.15, 0.2) is 53.7 Å². The van der Waals surface area contributed by atoms with Gasteiger partial charge in [-0.1, -0.05) is 17.8 Å². The van der Waals surface area contributed by atoms with Crippen LogP contribution < -0.4 is 15.0 Å². The van der Waals surface area contributed by atoms with Gasteiger partial charge in [0.1, 0.15) is 16.0 Å². The quantitative estimate of drug-likeness (QED) is 0.629. The van der Waals surface area contributed by atoms with Crippen LogP contribution in [-0.2, 0) is 4.79 Å². The molecule has 2 aliphatic rings. The molecule has 156 valence electrons. The van der Waals surface area contributed by atoms with Crippen molar-refractivity contribution in [1.82, 2.24) is 15.3 Å². The number of nitrogens with zero attached hydrogens (tertiary/aromatic N) is 3. The number of amides is 2. The smallest absolute Gasteiger partial charge is 0.327 e. The van der Waals surface area contributed by atoms with Gasteiger partial charge in [0.05, 0.1) is 17.4 Å². The molecule has 0 fully saturated rings. The van der Waals surface area contributed by atoms with Crippen LogP contribution >= 0.6 is 11.8 Å². The number of rotatable bonds is 4. The largest absolute Gasteiger partial charge is 0.480 e. The summed E-state index contributed by atoms with van der Waals surface area (Å²) < 4.78 is 5.86. The van der Waals surface area contributed by atoms with E-state index < -0.39 is 17.3 Å². The Morgan fingerprint density at radius 3 is 2.77 bits per heavy atom. The minimum absolute atomic E-state index is 0.375. The first kappa shape index (κ1) is 19.4. The van der Waals surface area contributed by atoms with E-state index in [4.69, 9.17) is 4.74 Å². The number of carboxylic acids is 1. The van der Waals surface area contributed by atoms with Crippen LogP contribution in [0, 0.1) is 13.8 Å². The highest BCUT2D eigenvalue weighted by Gasteiger charge is 2.46. The Balaban J connectivity index is 1.51. The highest BCUT2D eigenvalue weighted by Crippen LogP contribution is 2.50. The molecule has 0 saturated heterocycles. The van der Waals surface area contributed by atoms with Gasteiger partial charge in [-0.15, -0.1) is 0 Å². The maximum Gasteiger partial charge on any atom is 0.327 e. The highest BCUT2D eigenvalue weighted by atomic mass is 32.2. The maximum absolute atomic E-state index is 13.0. The predicted octanol–water partition coefficient (Wildman–Crippen LogP) is 4.35. The van der Waals surface area contributed by atoms with E-state index in [1.807, 2.05) is 38.1 Å². The van der Waals surface area contributed by atoms with Crippen molar-refractivity contribution in [3.8, 4) is 11.6 Å². The standard InChI is InChI=1S/C22H18N4O4S/c1-11-10-13(30-16-5-3-4-12(2)24-16)6-7-14(11)26-15-8-9-23-20-17(15)18(25-22(26)29)19(31-20)21(27)28/h3-10,18-19H,1-2H3,(H,25,29)(H,27,28). The summed E-state index contributed by atoms with van der Waals surface area (Å²) in [5.74, 6) is 0.126. The number of carbonyl (C=O) groups excluding carboxylic acids is 1. The number of ether oxygens (including phenoxy) is 1. The van der Waals surface area contributed by atoms with Gasteiger partial charge in [-0.25, -0.2) is 14.8 Å². The number of benzene rings is 1. The Hall–Kier alpha value is -3.59. The molecule has 0 spiro atoms. The zero-order valence-corrected chi connectivity index (χ0v) is 17.5. The molecule has 2 amide bonds. The van der Waals surface area contributed by atoms with Crippen molar-refractivity contribution in [2.24, 2.45) is 0 Å². The molecule has 8 nitrogen and oxygen atoms in total. The number of thioether (sulfide) groups is 1. The van der Waals surface area contributed by atoms with Gasteiger partial charge in [-0.3, -0.25) is 9.69 Å². The van der Waals surface area contributed by atoms with Gasteiger partial charge in [-0.05, 0) is 49.7 Å². The third-order valence-corrected chi connectivity index (χ3v) is 6.52. The summed E-state index contributed by atoms with van der Waals surface area (Å²) in [4.78, 5) is 34.9. The number of carboxylic acid groups (broad SMARTS) is 1. The average molecular weight is 434 g/mol. The van der Waals surface area contributed by atoms with Crippen molar-refractivity contribution >= 4 is 35.1 Å². The highest BCUT2D eigenvalue weighted by molar-refractivity contribution is 8.00. The van der Waals surface area contributed by atoms with Gasteiger partial charge in [-0.2, -0.15) is 0 Å². The minimum Gasteiger partial charge on any atom is -0.480 e. The molecule has 31 heavy (non-hydrogen) atoms. The molecule has 2 N–H and O–H groups in total. The van der Waals surface area contributed by atoms with Gasteiger partial charge in [0.25, 0.3) is 0 Å². The Morgan fingerprint density at radius 1 is 1.19 bits per heavy atom. The number of aryl methyl sites for hydroxylation is 2. The molecule has 0 aliphatic carbocycles. The average Bonchev–Trinajstić information content (AvgIpc) is 3.09. The molecule has 4 heterocycles. The summed E-state index contributed by atoms with van der Waals surface area (Å²) in [6.07, 6.45) is 1.60. The number of aliphatic carboxylic acids is 1. The predicted molar refractivity (Wildman–Crippen MR) is 115 cm³/mol. The van der Waals surface area contributed by atoms with Crippen molar-refractivity contribution in [3.63, 3.8) is 0 Å². The lowest BCUT2D eigenvalue weighted by atomic mass is 10.00. The van der Waals surface area contributed by atoms with E-state index in [0.29, 0.717) is 28.0 Å². The SMILES string of the molecule is Cc1cccc(Oc2ccc(N3C(=O)NC4c5c3ccnc5SC4C(=O)O)c(C)c2)n1. The zero-order valence-electron chi connectivity index (χ0n) is 16.7. The lowest BCUT2D eigenvalue weighted by molar-refractivity contribution is -0.136. The van der Waals surface area contributed by atoms with Crippen LogP contribution in [0.2, 0.25) is 0 Å². The second-order valence-corrected chi connectivity index (χ2v) is 8.49. The van der Waals surface area contributed by atoms with Gasteiger partial charge in [0, 0.05) is 23.5 Å². The Labute approximate surface area is 182 Å². The summed E-state index contributed by atoms with van der Waals surface area (Å²) in [7, 11) is 0. The van der Waals surface area contributed by atoms with Crippen LogP contribution in [0.3, 0.4) is 0 Å². The Kier molecular flexibility index (Phi) is 4.55. The molecule has 9 heteroatoms. The molecule has 1 aromatic carbocycles. The molecule has 2 atom stereocenters. The van der Waals surface area contributed by atoms with Crippen LogP contribution in [0.25, 0.3) is 0 Å². The number of pyridine rings is 2. The third kappa shape index (κ3) is 3.27. The molecular formula is C22H18N4O4S. The molecule has 2 aliphatic heterocycles. The second kappa shape index (κ2) is 7.28. The van der Waals surface area contributed by atoms with E-state index >= 15 is 0 Å². The lowest BCUT2D eigenvalue weighted by Gasteiger charge is -2.34. The molecule has 0 saturated carbocycles. The van der Waals surface area contributed by atoms with Crippen LogP contribution in [0.5, 0.6) is 11.6 Å². The summed E-state index contributed by atoms with van der Waals surface area (Å²) in [5.41, 5.74) is 3.74. The number of urea groups is 1. The topological polar surface area (TPSA) is 105 Å².